The van der Waals surface area contributed by atoms with Crippen LogP contribution in [0, 0.1) is 5.41 Å². The molecule has 0 radical (unpaired) electrons. The number of pyridine rings is 1. The highest BCUT2D eigenvalue weighted by Crippen LogP contribution is 2.41. The Bertz CT molecular complexity index is 1100. The van der Waals surface area contributed by atoms with Gasteiger partial charge < -0.3 is 18.5 Å². The summed E-state index contributed by atoms with van der Waals surface area (Å²) in [5.41, 5.74) is 0.0515. The second kappa shape index (κ2) is 10.5. The molecule has 2 rings (SSSR count). The minimum Gasteiger partial charge on any atom is -0.492 e. The summed E-state index contributed by atoms with van der Waals surface area (Å²) in [6.45, 7) is 22.2. The van der Waals surface area contributed by atoms with E-state index < -0.39 is 14.3 Å². The Morgan fingerprint density at radius 1 is 1.09 bits per heavy atom. The summed E-state index contributed by atoms with van der Waals surface area (Å²) in [4.78, 5) is 26.2. The second-order valence-corrected chi connectivity index (χ2v) is 16.9. The zero-order chi connectivity index (χ0) is 26.1. The number of benzene rings is 1. The largest absolute Gasteiger partial charge is 0.492 e. The zero-order valence-corrected chi connectivity index (χ0v) is 24.9. The van der Waals surface area contributed by atoms with Crippen LogP contribution < -0.4 is 10.2 Å². The van der Waals surface area contributed by atoms with Gasteiger partial charge in [-0.05, 0) is 49.5 Å². The molecule has 34 heavy (non-hydrogen) atoms. The van der Waals surface area contributed by atoms with E-state index >= 15 is 0 Å². The van der Waals surface area contributed by atoms with E-state index in [1.54, 1.807) is 19.2 Å². The van der Waals surface area contributed by atoms with Crippen LogP contribution in [0.1, 0.15) is 71.8 Å². The average molecular weight is 555 g/mol. The molecule has 0 fully saturated rings. The van der Waals surface area contributed by atoms with Crippen molar-refractivity contribution in [1.82, 2.24) is 4.57 Å². The van der Waals surface area contributed by atoms with Gasteiger partial charge in [0.1, 0.15) is 11.3 Å². The van der Waals surface area contributed by atoms with E-state index in [2.05, 4.69) is 70.6 Å². The molecule has 8 heteroatoms. The number of ether oxygens (including phenoxy) is 2. The third kappa shape index (κ3) is 6.12. The quantitative estimate of drug-likeness (QED) is 0.261. The molecule has 6 nitrogen and oxygen atoms in total. The standard InChI is InChI=1S/C26H40BrNO5Si/c1-11-31-20-14-17(27)13-18-22(20)28(15-19(23(18)29)24(30)32-12-2)21(25(3,4)5)16-33-34(9,10)26(6,7)8/h13-15,21H,11-12,16H2,1-10H3. The number of rotatable bonds is 8. The van der Waals surface area contributed by atoms with Crippen molar-refractivity contribution in [2.24, 2.45) is 5.41 Å². The first-order chi connectivity index (χ1) is 15.5. The molecule has 0 saturated heterocycles. The number of halogens is 1. The lowest BCUT2D eigenvalue weighted by atomic mass is 9.86. The van der Waals surface area contributed by atoms with E-state index in [9.17, 15) is 9.59 Å². The Hall–Kier alpha value is -1.64. The lowest BCUT2D eigenvalue weighted by Crippen LogP contribution is -2.43. The molecule has 0 bridgehead atoms. The van der Waals surface area contributed by atoms with E-state index in [0.717, 1.165) is 0 Å². The molecule has 0 amide bonds. The first kappa shape index (κ1) is 28.6. The number of carbonyl (C=O) groups is 1. The van der Waals surface area contributed by atoms with Crippen molar-refractivity contribution in [3.8, 4) is 5.75 Å². The summed E-state index contributed by atoms with van der Waals surface area (Å²) in [5, 5.41) is 0.461. The Morgan fingerprint density at radius 2 is 1.71 bits per heavy atom. The highest BCUT2D eigenvalue weighted by atomic mass is 79.9. The second-order valence-electron chi connectivity index (χ2n) is 11.2. The third-order valence-corrected chi connectivity index (χ3v) is 11.6. The number of esters is 1. The molecule has 1 heterocycles. The van der Waals surface area contributed by atoms with Gasteiger partial charge in [0.2, 0.25) is 5.43 Å². The van der Waals surface area contributed by atoms with Gasteiger partial charge in [-0.15, -0.1) is 0 Å². The van der Waals surface area contributed by atoms with Crippen molar-refractivity contribution in [2.45, 2.75) is 79.6 Å². The zero-order valence-electron chi connectivity index (χ0n) is 22.3. The van der Waals surface area contributed by atoms with Crippen LogP contribution in [0.25, 0.3) is 10.9 Å². The summed E-state index contributed by atoms with van der Waals surface area (Å²) in [7, 11) is -2.05. The van der Waals surface area contributed by atoms with Crippen molar-refractivity contribution in [1.29, 1.82) is 0 Å². The van der Waals surface area contributed by atoms with Crippen LogP contribution in [0.3, 0.4) is 0 Å². The third-order valence-electron chi connectivity index (χ3n) is 6.59. The van der Waals surface area contributed by atoms with Crippen LogP contribution in [-0.4, -0.2) is 38.7 Å². The Labute approximate surface area is 213 Å². The van der Waals surface area contributed by atoms with Crippen molar-refractivity contribution >= 4 is 41.1 Å². The molecule has 1 aromatic heterocycles. The van der Waals surface area contributed by atoms with E-state index in [0.29, 0.717) is 34.3 Å². The Morgan fingerprint density at radius 3 is 2.21 bits per heavy atom. The number of carbonyl (C=O) groups excluding carboxylic acids is 1. The minimum atomic E-state index is -2.05. The maximum absolute atomic E-state index is 13.4. The average Bonchev–Trinajstić information content (AvgIpc) is 2.68. The van der Waals surface area contributed by atoms with Crippen LogP contribution in [-0.2, 0) is 9.16 Å². The smallest absolute Gasteiger partial charge is 0.343 e. The molecule has 1 unspecified atom stereocenters. The van der Waals surface area contributed by atoms with E-state index in [4.69, 9.17) is 13.9 Å². The van der Waals surface area contributed by atoms with Crippen molar-refractivity contribution < 1.29 is 18.7 Å². The number of fused-ring (bicyclic) bond motifs is 1. The summed E-state index contributed by atoms with van der Waals surface area (Å²) in [5.74, 6) is -0.0416. The van der Waals surface area contributed by atoms with Gasteiger partial charge in [0.25, 0.3) is 0 Å². The van der Waals surface area contributed by atoms with Gasteiger partial charge in [0.15, 0.2) is 8.32 Å². The van der Waals surface area contributed by atoms with Gasteiger partial charge in [-0.25, -0.2) is 4.79 Å². The van der Waals surface area contributed by atoms with Crippen molar-refractivity contribution in [2.75, 3.05) is 19.8 Å². The highest BCUT2D eigenvalue weighted by molar-refractivity contribution is 9.10. The van der Waals surface area contributed by atoms with E-state index in [1.807, 2.05) is 17.6 Å². The highest BCUT2D eigenvalue weighted by Gasteiger charge is 2.39. The Balaban J connectivity index is 2.87. The van der Waals surface area contributed by atoms with Gasteiger partial charge in [0.05, 0.1) is 36.8 Å². The van der Waals surface area contributed by atoms with Gasteiger partial charge in [-0.3, -0.25) is 4.79 Å². The number of nitrogens with zero attached hydrogens (tertiary/aromatic N) is 1. The lowest BCUT2D eigenvalue weighted by Gasteiger charge is -2.41. The topological polar surface area (TPSA) is 66.8 Å². The predicted octanol–water partition coefficient (Wildman–Crippen LogP) is 6.95. The van der Waals surface area contributed by atoms with Gasteiger partial charge >= 0.3 is 5.97 Å². The lowest BCUT2D eigenvalue weighted by molar-refractivity contribution is 0.0522. The van der Waals surface area contributed by atoms with Crippen molar-refractivity contribution in [3.63, 3.8) is 0 Å². The minimum absolute atomic E-state index is 0.0106. The van der Waals surface area contributed by atoms with Crippen LogP contribution >= 0.6 is 15.9 Å². The Kier molecular flexibility index (Phi) is 8.87. The molecule has 0 N–H and O–H groups in total. The normalized spacial score (nSPS) is 13.7. The van der Waals surface area contributed by atoms with Crippen LogP contribution in [0.2, 0.25) is 18.1 Å². The molecule has 1 atom stereocenters. The number of hydrogen-bond acceptors (Lipinski definition) is 5. The predicted molar refractivity (Wildman–Crippen MR) is 145 cm³/mol. The molecule has 2 aromatic rings. The molecule has 0 aliphatic carbocycles. The molecule has 190 valence electrons. The molecular formula is C26H40BrNO5Si. The van der Waals surface area contributed by atoms with Gasteiger partial charge in [0, 0.05) is 10.7 Å². The van der Waals surface area contributed by atoms with Crippen LogP contribution in [0.15, 0.2) is 27.6 Å². The fraction of sp³-hybridized carbons (Fsp3) is 0.615. The molecular weight excluding hydrogens is 514 g/mol. The first-order valence-electron chi connectivity index (χ1n) is 11.9. The van der Waals surface area contributed by atoms with Gasteiger partial charge in [-0.2, -0.15) is 0 Å². The monoisotopic (exact) mass is 553 g/mol. The number of aromatic nitrogens is 1. The fourth-order valence-corrected chi connectivity index (χ4v) is 4.98. The summed E-state index contributed by atoms with van der Waals surface area (Å²) < 4.78 is 20.6. The maximum atomic E-state index is 13.4. The van der Waals surface area contributed by atoms with Gasteiger partial charge in [-0.1, -0.05) is 57.5 Å². The van der Waals surface area contributed by atoms with Crippen LogP contribution in [0.5, 0.6) is 5.75 Å². The maximum Gasteiger partial charge on any atom is 0.343 e. The summed E-state index contributed by atoms with van der Waals surface area (Å²) >= 11 is 3.50. The summed E-state index contributed by atoms with van der Waals surface area (Å²) in [6, 6.07) is 3.44. The molecule has 0 aliphatic rings. The summed E-state index contributed by atoms with van der Waals surface area (Å²) in [6.07, 6.45) is 1.63. The van der Waals surface area contributed by atoms with Crippen LogP contribution in [0.4, 0.5) is 0 Å². The molecule has 0 spiro atoms. The number of hydrogen-bond donors (Lipinski definition) is 0. The molecule has 1 aromatic carbocycles. The molecule has 0 saturated carbocycles. The molecule has 0 aliphatic heterocycles. The van der Waals surface area contributed by atoms with E-state index in [-0.39, 0.29) is 34.1 Å². The fourth-order valence-electron chi connectivity index (χ4n) is 3.54. The SMILES string of the molecule is CCOC(=O)c1cn(C(CO[Si](C)(C)C(C)(C)C)C(C)(C)C)c2c(OCC)cc(Br)cc2c1=O. The van der Waals surface area contributed by atoms with E-state index in [1.165, 1.54) is 0 Å². The first-order valence-corrected chi connectivity index (χ1v) is 15.6. The van der Waals surface area contributed by atoms with Crippen molar-refractivity contribution in [3.05, 3.63) is 38.6 Å².